The second kappa shape index (κ2) is 19.1. The Morgan fingerprint density at radius 1 is 0.725 bits per heavy atom. The van der Waals surface area contributed by atoms with Gasteiger partial charge in [0, 0.05) is 25.9 Å². The number of rotatable bonds is 19. The number of carbonyl (C=O) groups excluding carboxylic acids is 2. The topological polar surface area (TPSA) is 112 Å². The van der Waals surface area contributed by atoms with Gasteiger partial charge in [-0.1, -0.05) is 54.6 Å². The van der Waals surface area contributed by atoms with Gasteiger partial charge in [-0.15, -0.1) is 0 Å². The molecule has 0 atom stereocenters. The second-order valence-corrected chi connectivity index (χ2v) is 9.37. The van der Waals surface area contributed by atoms with Crippen LogP contribution < -0.4 is 16.0 Å². The van der Waals surface area contributed by atoms with Crippen molar-refractivity contribution in [1.82, 2.24) is 5.32 Å². The lowest BCUT2D eigenvalue weighted by Crippen LogP contribution is -2.31. The Kier molecular flexibility index (Phi) is 15.0. The zero-order valence-corrected chi connectivity index (χ0v) is 23.4. The average Bonchev–Trinajstić information content (AvgIpc) is 2.96. The minimum Gasteiger partial charge on any atom is -0.378 e. The first-order chi connectivity index (χ1) is 19.7. The van der Waals surface area contributed by atoms with Gasteiger partial charge in [0.05, 0.1) is 65.1 Å². The van der Waals surface area contributed by atoms with Crippen molar-refractivity contribution in [1.29, 1.82) is 0 Å². The SMILES string of the molecule is NCCOCCOCCOCCOCCNC(=O)CCCCC(=O)N1Cc2ccccc2/C=C\c2ccccc21. The monoisotopic (exact) mass is 553 g/mol. The van der Waals surface area contributed by atoms with Crippen molar-refractivity contribution in [2.75, 3.05) is 70.8 Å². The molecule has 1 heterocycles. The van der Waals surface area contributed by atoms with Gasteiger partial charge in [0.25, 0.3) is 0 Å². The van der Waals surface area contributed by atoms with Crippen molar-refractivity contribution in [3.05, 3.63) is 65.2 Å². The number of fused-ring (bicyclic) bond motifs is 2. The highest BCUT2D eigenvalue weighted by atomic mass is 16.6. The van der Waals surface area contributed by atoms with Crippen LogP contribution >= 0.6 is 0 Å². The zero-order valence-electron chi connectivity index (χ0n) is 23.4. The summed E-state index contributed by atoms with van der Waals surface area (Å²) in [6.07, 6.45) is 6.25. The number of hydrogen-bond donors (Lipinski definition) is 2. The van der Waals surface area contributed by atoms with Crippen LogP contribution in [0.5, 0.6) is 0 Å². The molecule has 40 heavy (non-hydrogen) atoms. The van der Waals surface area contributed by atoms with E-state index in [9.17, 15) is 9.59 Å². The molecule has 2 aromatic rings. The third-order valence-electron chi connectivity index (χ3n) is 6.35. The van der Waals surface area contributed by atoms with E-state index in [1.807, 2.05) is 41.3 Å². The van der Waals surface area contributed by atoms with Crippen molar-refractivity contribution in [3.63, 3.8) is 0 Å². The summed E-state index contributed by atoms with van der Waals surface area (Å²) < 4.78 is 21.5. The van der Waals surface area contributed by atoms with Gasteiger partial charge < -0.3 is 34.9 Å². The Bertz CT molecular complexity index is 1060. The highest BCUT2D eigenvalue weighted by molar-refractivity contribution is 5.97. The van der Waals surface area contributed by atoms with Gasteiger partial charge in [0.2, 0.25) is 11.8 Å². The van der Waals surface area contributed by atoms with Crippen LogP contribution in [0.25, 0.3) is 12.2 Å². The minimum atomic E-state index is -0.0319. The Balaban J connectivity index is 1.24. The summed E-state index contributed by atoms with van der Waals surface area (Å²) in [5.74, 6) is 0.0345. The van der Waals surface area contributed by atoms with E-state index in [4.69, 9.17) is 24.7 Å². The quantitative estimate of drug-likeness (QED) is 0.257. The maximum atomic E-state index is 13.3. The molecule has 218 valence electrons. The number of amides is 2. The van der Waals surface area contributed by atoms with E-state index in [0.29, 0.717) is 98.2 Å². The second-order valence-electron chi connectivity index (χ2n) is 9.37. The molecule has 9 nitrogen and oxygen atoms in total. The summed E-state index contributed by atoms with van der Waals surface area (Å²) in [6.45, 7) is 5.44. The predicted octanol–water partition coefficient (Wildman–Crippen LogP) is 3.41. The number of carbonyl (C=O) groups is 2. The maximum Gasteiger partial charge on any atom is 0.227 e. The molecule has 3 rings (SSSR count). The number of nitrogens with zero attached hydrogens (tertiary/aromatic N) is 1. The molecule has 1 aliphatic heterocycles. The fourth-order valence-corrected chi connectivity index (χ4v) is 4.27. The molecular formula is C31H43N3O6. The molecule has 0 aromatic heterocycles. The number of nitrogens with one attached hydrogen (secondary N) is 1. The molecule has 1 aliphatic rings. The number of benzene rings is 2. The Morgan fingerprint density at radius 3 is 2.02 bits per heavy atom. The Labute approximate surface area is 237 Å². The van der Waals surface area contributed by atoms with E-state index >= 15 is 0 Å². The molecule has 2 aromatic carbocycles. The van der Waals surface area contributed by atoms with Crippen molar-refractivity contribution < 1.29 is 28.5 Å². The number of hydrogen-bond acceptors (Lipinski definition) is 7. The van der Waals surface area contributed by atoms with Gasteiger partial charge >= 0.3 is 0 Å². The standard InChI is InChI=1S/C31H43N3O6/c32-15-17-37-19-21-39-23-24-40-22-20-38-18-16-33-30(35)11-5-6-12-31(36)34-25-28-9-2-1-7-26(28)13-14-27-8-3-4-10-29(27)34/h1-4,7-10,13-14H,5-6,11-12,15-25,32H2,(H,33,35)/b14-13-. The number of para-hydroxylation sites is 1. The number of ether oxygens (including phenoxy) is 4. The summed E-state index contributed by atoms with van der Waals surface area (Å²) in [6, 6.07) is 16.1. The first-order valence-electron chi connectivity index (χ1n) is 14.1. The number of nitrogens with two attached hydrogens (primary N) is 1. The fraction of sp³-hybridized carbons (Fsp3) is 0.484. The van der Waals surface area contributed by atoms with Crippen molar-refractivity contribution >= 4 is 29.7 Å². The molecule has 3 N–H and O–H groups in total. The average molecular weight is 554 g/mol. The van der Waals surface area contributed by atoms with Gasteiger partial charge in [-0.25, -0.2) is 0 Å². The number of unbranched alkanes of at least 4 members (excludes halogenated alkanes) is 1. The van der Waals surface area contributed by atoms with Gasteiger partial charge in [0.15, 0.2) is 0 Å². The molecular weight excluding hydrogens is 510 g/mol. The highest BCUT2D eigenvalue weighted by Crippen LogP contribution is 2.29. The molecule has 9 heteroatoms. The summed E-state index contributed by atoms with van der Waals surface area (Å²) in [4.78, 5) is 27.3. The molecule has 0 spiro atoms. The first-order valence-corrected chi connectivity index (χ1v) is 14.1. The van der Waals surface area contributed by atoms with Crippen LogP contribution in [-0.2, 0) is 35.1 Å². The number of anilines is 1. The van der Waals surface area contributed by atoms with Gasteiger partial charge in [-0.2, -0.15) is 0 Å². The van der Waals surface area contributed by atoms with Crippen LogP contribution in [0.4, 0.5) is 5.69 Å². The molecule has 0 saturated heterocycles. The lowest BCUT2D eigenvalue weighted by Gasteiger charge is -2.27. The zero-order chi connectivity index (χ0) is 28.3. The largest absolute Gasteiger partial charge is 0.378 e. The van der Waals surface area contributed by atoms with E-state index in [1.165, 1.54) is 0 Å². The Morgan fingerprint density at radius 2 is 1.30 bits per heavy atom. The minimum absolute atomic E-state index is 0.0319. The summed E-state index contributed by atoms with van der Waals surface area (Å²) in [5, 5.41) is 2.87. The van der Waals surface area contributed by atoms with E-state index < -0.39 is 0 Å². The van der Waals surface area contributed by atoms with Crippen LogP contribution in [0.2, 0.25) is 0 Å². The maximum absolute atomic E-state index is 13.3. The van der Waals surface area contributed by atoms with Crippen molar-refractivity contribution in [3.8, 4) is 0 Å². The van der Waals surface area contributed by atoms with Crippen LogP contribution in [0.15, 0.2) is 48.5 Å². The third-order valence-corrected chi connectivity index (χ3v) is 6.35. The lowest BCUT2D eigenvalue weighted by atomic mass is 10.0. The molecule has 0 saturated carbocycles. The van der Waals surface area contributed by atoms with Crippen LogP contribution in [-0.4, -0.2) is 77.8 Å². The molecule has 0 fully saturated rings. The van der Waals surface area contributed by atoms with Crippen LogP contribution in [0, 0.1) is 0 Å². The summed E-state index contributed by atoms with van der Waals surface area (Å²) >= 11 is 0. The molecule has 0 bridgehead atoms. The van der Waals surface area contributed by atoms with E-state index in [1.54, 1.807) is 0 Å². The summed E-state index contributed by atoms with van der Waals surface area (Å²) in [7, 11) is 0. The van der Waals surface area contributed by atoms with E-state index in [-0.39, 0.29) is 11.8 Å². The van der Waals surface area contributed by atoms with E-state index in [2.05, 4.69) is 29.6 Å². The Hall–Kier alpha value is -3.08. The summed E-state index contributed by atoms with van der Waals surface area (Å²) in [5.41, 5.74) is 9.51. The van der Waals surface area contributed by atoms with Crippen LogP contribution in [0.3, 0.4) is 0 Å². The van der Waals surface area contributed by atoms with Crippen LogP contribution in [0.1, 0.15) is 42.4 Å². The van der Waals surface area contributed by atoms with E-state index in [0.717, 1.165) is 22.4 Å². The smallest absolute Gasteiger partial charge is 0.227 e. The van der Waals surface area contributed by atoms with Crippen molar-refractivity contribution in [2.24, 2.45) is 5.73 Å². The fourth-order valence-electron chi connectivity index (χ4n) is 4.27. The molecule has 0 radical (unpaired) electrons. The van der Waals surface area contributed by atoms with Gasteiger partial charge in [-0.05, 0) is 35.6 Å². The van der Waals surface area contributed by atoms with Gasteiger partial charge in [-0.3, -0.25) is 9.59 Å². The predicted molar refractivity (Wildman–Crippen MR) is 157 cm³/mol. The normalized spacial score (nSPS) is 13.2. The molecule has 2 amide bonds. The lowest BCUT2D eigenvalue weighted by molar-refractivity contribution is -0.122. The first kappa shape index (κ1) is 31.4. The van der Waals surface area contributed by atoms with Crippen molar-refractivity contribution in [2.45, 2.75) is 32.2 Å². The van der Waals surface area contributed by atoms with Gasteiger partial charge in [0.1, 0.15) is 0 Å². The molecule has 0 unspecified atom stereocenters. The third kappa shape index (κ3) is 11.6. The highest BCUT2D eigenvalue weighted by Gasteiger charge is 2.20. The molecule has 0 aliphatic carbocycles.